The number of methoxy groups -OCH3 is 1. The van der Waals surface area contributed by atoms with Crippen molar-refractivity contribution in [1.82, 2.24) is 5.32 Å². The third-order valence-electron chi connectivity index (χ3n) is 2.31. The predicted octanol–water partition coefficient (Wildman–Crippen LogP) is 2.80. The maximum absolute atomic E-state index is 13.7. The van der Waals surface area contributed by atoms with E-state index in [0.717, 1.165) is 6.42 Å². The Kier molecular flexibility index (Phi) is 5.58. The van der Waals surface area contributed by atoms with E-state index in [9.17, 15) is 9.18 Å². The average Bonchev–Trinajstić information content (AvgIpc) is 2.31. The molecule has 1 aromatic carbocycles. The van der Waals surface area contributed by atoms with Crippen LogP contribution in [0.2, 0.25) is 0 Å². The third-order valence-corrected chi connectivity index (χ3v) is 2.80. The van der Waals surface area contributed by atoms with Gasteiger partial charge in [-0.3, -0.25) is 0 Å². The van der Waals surface area contributed by atoms with E-state index in [2.05, 4.69) is 26.0 Å². The van der Waals surface area contributed by atoms with Gasteiger partial charge in [0, 0.05) is 10.0 Å². The largest absolute Gasteiger partial charge is 0.468 e. The number of ether oxygens (including phenoxy) is 1. The zero-order valence-electron chi connectivity index (χ0n) is 9.80. The Morgan fingerprint density at radius 1 is 1.59 bits per heavy atom. The minimum absolute atomic E-state index is 0.300. The average molecular weight is 304 g/mol. The van der Waals surface area contributed by atoms with Crippen LogP contribution in [0.4, 0.5) is 4.39 Å². The van der Waals surface area contributed by atoms with Gasteiger partial charge in [-0.15, -0.1) is 0 Å². The number of halogens is 2. The highest BCUT2D eigenvalue weighted by molar-refractivity contribution is 9.10. The third kappa shape index (κ3) is 3.78. The van der Waals surface area contributed by atoms with Crippen LogP contribution in [0.15, 0.2) is 22.7 Å². The number of nitrogens with one attached hydrogen (secondary N) is 1. The van der Waals surface area contributed by atoms with Gasteiger partial charge in [-0.1, -0.05) is 28.9 Å². The van der Waals surface area contributed by atoms with Gasteiger partial charge in [0.25, 0.3) is 0 Å². The maximum Gasteiger partial charge on any atom is 0.327 e. The topological polar surface area (TPSA) is 38.3 Å². The van der Waals surface area contributed by atoms with Gasteiger partial charge in [-0.05, 0) is 25.1 Å². The normalized spacial score (nSPS) is 12.2. The van der Waals surface area contributed by atoms with E-state index in [0.29, 0.717) is 16.6 Å². The van der Waals surface area contributed by atoms with E-state index in [1.165, 1.54) is 13.2 Å². The van der Waals surface area contributed by atoms with Crippen molar-refractivity contribution >= 4 is 21.9 Å². The highest BCUT2D eigenvalue weighted by Crippen LogP contribution is 2.22. The molecule has 0 saturated heterocycles. The lowest BCUT2D eigenvalue weighted by Crippen LogP contribution is -2.30. The Balaban J connectivity index is 2.99. The van der Waals surface area contributed by atoms with Crippen LogP contribution in [0, 0.1) is 5.82 Å². The van der Waals surface area contributed by atoms with E-state index in [-0.39, 0.29) is 0 Å². The maximum atomic E-state index is 13.7. The fourth-order valence-electron chi connectivity index (χ4n) is 1.46. The molecule has 1 N–H and O–H groups in total. The summed E-state index contributed by atoms with van der Waals surface area (Å²) < 4.78 is 19.1. The first kappa shape index (κ1) is 14.1. The summed E-state index contributed by atoms with van der Waals surface area (Å²) in [6.07, 6.45) is 0.853. The molecule has 0 spiro atoms. The van der Waals surface area contributed by atoms with Gasteiger partial charge in [0.1, 0.15) is 11.9 Å². The van der Waals surface area contributed by atoms with Crippen molar-refractivity contribution in [3.05, 3.63) is 34.1 Å². The fourth-order valence-corrected chi connectivity index (χ4v) is 1.80. The van der Waals surface area contributed by atoms with E-state index >= 15 is 0 Å². The van der Waals surface area contributed by atoms with Gasteiger partial charge in [0.15, 0.2) is 0 Å². The Labute approximate surface area is 108 Å². The van der Waals surface area contributed by atoms with Crippen molar-refractivity contribution < 1.29 is 13.9 Å². The molecule has 17 heavy (non-hydrogen) atoms. The highest BCUT2D eigenvalue weighted by Gasteiger charge is 2.23. The SMILES string of the molecule is CCCNC(C(=O)OC)c1ccc(Br)cc1F. The van der Waals surface area contributed by atoms with Crippen LogP contribution in [-0.2, 0) is 9.53 Å². The molecule has 5 heteroatoms. The molecule has 94 valence electrons. The summed E-state index contributed by atoms with van der Waals surface area (Å²) in [6, 6.07) is 3.85. The predicted molar refractivity (Wildman–Crippen MR) is 67.2 cm³/mol. The minimum Gasteiger partial charge on any atom is -0.468 e. The number of esters is 1. The van der Waals surface area contributed by atoms with Crippen LogP contribution in [0.25, 0.3) is 0 Å². The zero-order valence-corrected chi connectivity index (χ0v) is 11.4. The zero-order chi connectivity index (χ0) is 12.8. The van der Waals surface area contributed by atoms with Gasteiger partial charge >= 0.3 is 5.97 Å². The lowest BCUT2D eigenvalue weighted by molar-refractivity contribution is -0.143. The van der Waals surface area contributed by atoms with Crippen LogP contribution in [0.1, 0.15) is 24.9 Å². The second-order valence-corrected chi connectivity index (χ2v) is 4.49. The smallest absolute Gasteiger partial charge is 0.327 e. The highest BCUT2D eigenvalue weighted by atomic mass is 79.9. The second kappa shape index (κ2) is 6.71. The second-order valence-electron chi connectivity index (χ2n) is 3.58. The lowest BCUT2D eigenvalue weighted by Gasteiger charge is -2.17. The molecule has 0 heterocycles. The van der Waals surface area contributed by atoms with Crippen LogP contribution in [0.3, 0.4) is 0 Å². The van der Waals surface area contributed by atoms with Gasteiger partial charge in [0.2, 0.25) is 0 Å². The molecule has 0 fully saturated rings. The molecule has 0 aromatic heterocycles. The van der Waals surface area contributed by atoms with Crippen LogP contribution in [-0.4, -0.2) is 19.6 Å². The Hall–Kier alpha value is -0.940. The summed E-state index contributed by atoms with van der Waals surface area (Å²) in [7, 11) is 1.29. The summed E-state index contributed by atoms with van der Waals surface area (Å²) in [5, 5.41) is 2.97. The summed E-state index contributed by atoms with van der Waals surface area (Å²) in [4.78, 5) is 11.6. The Morgan fingerprint density at radius 2 is 2.29 bits per heavy atom. The Morgan fingerprint density at radius 3 is 2.82 bits per heavy atom. The van der Waals surface area contributed by atoms with Crippen molar-refractivity contribution in [3.63, 3.8) is 0 Å². The Bertz CT molecular complexity index is 398. The van der Waals surface area contributed by atoms with Gasteiger partial charge in [-0.25, -0.2) is 9.18 Å². The van der Waals surface area contributed by atoms with E-state index in [4.69, 9.17) is 0 Å². The standard InChI is InChI=1S/C12H15BrFNO2/c1-3-6-15-11(12(16)17-2)9-5-4-8(13)7-10(9)14/h4-5,7,11,15H,3,6H2,1-2H3. The van der Waals surface area contributed by atoms with Crippen molar-refractivity contribution in [2.45, 2.75) is 19.4 Å². The molecule has 0 bridgehead atoms. The first-order chi connectivity index (χ1) is 8.10. The number of hydrogen-bond acceptors (Lipinski definition) is 3. The molecule has 0 aliphatic heterocycles. The van der Waals surface area contributed by atoms with Crippen LogP contribution < -0.4 is 5.32 Å². The van der Waals surface area contributed by atoms with E-state index < -0.39 is 17.8 Å². The van der Waals surface area contributed by atoms with Crippen LogP contribution in [0.5, 0.6) is 0 Å². The molecule has 0 aliphatic carbocycles. The first-order valence-electron chi connectivity index (χ1n) is 5.36. The number of hydrogen-bond donors (Lipinski definition) is 1. The number of benzene rings is 1. The minimum atomic E-state index is -0.756. The van der Waals surface area contributed by atoms with Crippen LogP contribution >= 0.6 is 15.9 Å². The summed E-state index contributed by atoms with van der Waals surface area (Å²) in [5.74, 6) is -0.918. The number of rotatable bonds is 5. The molecule has 1 atom stereocenters. The van der Waals surface area contributed by atoms with Crippen molar-refractivity contribution in [2.24, 2.45) is 0 Å². The molecule has 1 aromatic rings. The monoisotopic (exact) mass is 303 g/mol. The van der Waals surface area contributed by atoms with Gasteiger partial charge < -0.3 is 10.1 Å². The number of carbonyl (C=O) groups excluding carboxylic acids is 1. The molecule has 0 aliphatic rings. The summed E-state index contributed by atoms with van der Waals surface area (Å²) in [5.41, 5.74) is 0.300. The lowest BCUT2D eigenvalue weighted by atomic mass is 10.1. The molecular weight excluding hydrogens is 289 g/mol. The summed E-state index contributed by atoms with van der Waals surface area (Å²) in [6.45, 7) is 2.59. The van der Waals surface area contributed by atoms with Crippen molar-refractivity contribution in [2.75, 3.05) is 13.7 Å². The van der Waals surface area contributed by atoms with E-state index in [1.54, 1.807) is 12.1 Å². The quantitative estimate of drug-likeness (QED) is 0.850. The first-order valence-corrected chi connectivity index (χ1v) is 6.15. The van der Waals surface area contributed by atoms with Gasteiger partial charge in [0.05, 0.1) is 7.11 Å². The molecule has 0 radical (unpaired) electrons. The molecule has 0 saturated carbocycles. The molecule has 1 rings (SSSR count). The molecular formula is C12H15BrFNO2. The van der Waals surface area contributed by atoms with E-state index in [1.807, 2.05) is 6.92 Å². The van der Waals surface area contributed by atoms with Gasteiger partial charge in [-0.2, -0.15) is 0 Å². The number of carbonyl (C=O) groups is 1. The van der Waals surface area contributed by atoms with Crippen molar-refractivity contribution in [3.8, 4) is 0 Å². The molecule has 0 amide bonds. The van der Waals surface area contributed by atoms with Crippen molar-refractivity contribution in [1.29, 1.82) is 0 Å². The molecule has 3 nitrogen and oxygen atoms in total. The molecule has 1 unspecified atom stereocenters. The fraction of sp³-hybridized carbons (Fsp3) is 0.417. The summed E-state index contributed by atoms with van der Waals surface area (Å²) >= 11 is 3.18.